The first-order valence-corrected chi connectivity index (χ1v) is 11.4. The van der Waals surface area contributed by atoms with Crippen LogP contribution in [-0.2, 0) is 14.8 Å². The molecule has 1 aromatic heterocycles. The Labute approximate surface area is 179 Å². The summed E-state index contributed by atoms with van der Waals surface area (Å²) in [6.45, 7) is 2.04. The number of carbonyl (C=O) groups excluding carboxylic acids is 1. The number of urea groups is 1. The van der Waals surface area contributed by atoms with Gasteiger partial charge in [-0.2, -0.15) is 0 Å². The Morgan fingerprint density at radius 1 is 1.16 bits per heavy atom. The van der Waals surface area contributed by atoms with E-state index in [0.29, 0.717) is 31.8 Å². The van der Waals surface area contributed by atoms with Crippen molar-refractivity contribution in [2.75, 3.05) is 39.4 Å². The summed E-state index contributed by atoms with van der Waals surface area (Å²) in [4.78, 5) is 15.0. The molecule has 0 saturated carbocycles. The van der Waals surface area contributed by atoms with Crippen LogP contribution in [0.25, 0.3) is 22.0 Å². The summed E-state index contributed by atoms with van der Waals surface area (Å²) < 4.78 is 46.6. The van der Waals surface area contributed by atoms with Crippen molar-refractivity contribution in [3.8, 4) is 11.1 Å². The summed E-state index contributed by atoms with van der Waals surface area (Å²) >= 11 is 0. The smallest absolute Gasteiger partial charge is 0.370 e. The van der Waals surface area contributed by atoms with E-state index >= 15 is 0 Å². The number of nitrogens with two attached hydrogens (primary N) is 1. The first kappa shape index (κ1) is 21.4. The highest BCUT2D eigenvalue weighted by Gasteiger charge is 2.36. The normalized spacial score (nSPS) is 16.4. The number of primary amides is 1. The van der Waals surface area contributed by atoms with Crippen LogP contribution in [-0.4, -0.2) is 63.3 Å². The van der Waals surface area contributed by atoms with Crippen molar-refractivity contribution < 1.29 is 26.8 Å². The minimum atomic E-state index is -3.75. The van der Waals surface area contributed by atoms with Gasteiger partial charge in [-0.25, -0.2) is 26.8 Å². The lowest BCUT2D eigenvalue weighted by atomic mass is 10.1. The zero-order valence-corrected chi connectivity index (χ0v) is 17.6. The van der Waals surface area contributed by atoms with Gasteiger partial charge in [-0.05, 0) is 35.9 Å². The van der Waals surface area contributed by atoms with Crippen LogP contribution in [0.5, 0.6) is 0 Å². The van der Waals surface area contributed by atoms with Crippen LogP contribution in [0.3, 0.4) is 0 Å². The maximum Gasteiger partial charge on any atom is 0.414 e. The number of carbonyl (C=O) groups is 1. The Kier molecular flexibility index (Phi) is 5.80. The number of amides is 2. The van der Waals surface area contributed by atoms with Crippen LogP contribution < -0.4 is 10.5 Å². The first-order valence-electron chi connectivity index (χ1n) is 9.91. The predicted octanol–water partition coefficient (Wildman–Crippen LogP) is 2.18. The van der Waals surface area contributed by atoms with Gasteiger partial charge in [0.2, 0.25) is 10.0 Å². The third kappa shape index (κ3) is 4.33. The quantitative estimate of drug-likeness (QED) is 0.503. The molecule has 0 spiro atoms. The van der Waals surface area contributed by atoms with E-state index in [2.05, 4.69) is 9.71 Å². The van der Waals surface area contributed by atoms with Crippen LogP contribution in [0, 0.1) is 5.82 Å². The summed E-state index contributed by atoms with van der Waals surface area (Å²) in [7, 11) is -3.75. The molecule has 1 aliphatic rings. The zero-order chi connectivity index (χ0) is 22.1. The van der Waals surface area contributed by atoms with Gasteiger partial charge in [0.15, 0.2) is 0 Å². The minimum Gasteiger partial charge on any atom is -0.370 e. The van der Waals surface area contributed by atoms with Gasteiger partial charge in [-0.3, -0.25) is 0 Å². The van der Waals surface area contributed by atoms with Gasteiger partial charge in [0.25, 0.3) is 0 Å². The van der Waals surface area contributed by atoms with E-state index in [4.69, 9.17) is 10.5 Å². The highest BCUT2D eigenvalue weighted by atomic mass is 32.2. The molecule has 4 rings (SSSR count). The van der Waals surface area contributed by atoms with Gasteiger partial charge in [0.1, 0.15) is 25.5 Å². The number of ether oxygens (including phenoxy) is 1. The largest absolute Gasteiger partial charge is 0.414 e. The summed E-state index contributed by atoms with van der Waals surface area (Å²) in [5.41, 5.74) is 7.88. The number of quaternary nitrogens is 1. The van der Waals surface area contributed by atoms with Crippen molar-refractivity contribution in [3.05, 3.63) is 54.5 Å². The molecule has 31 heavy (non-hydrogen) atoms. The average molecular weight is 448 g/mol. The molecule has 2 heterocycles. The number of fused-ring (bicyclic) bond motifs is 1. The van der Waals surface area contributed by atoms with E-state index < -0.39 is 16.1 Å². The molecule has 1 saturated heterocycles. The summed E-state index contributed by atoms with van der Waals surface area (Å²) in [6.07, 6.45) is 1.76. The number of morpholine rings is 1. The van der Waals surface area contributed by atoms with Gasteiger partial charge in [-0.15, -0.1) is 0 Å². The van der Waals surface area contributed by atoms with Crippen molar-refractivity contribution in [1.82, 2.24) is 9.71 Å². The van der Waals surface area contributed by atoms with Gasteiger partial charge >= 0.3 is 6.03 Å². The number of aromatic amines is 1. The third-order valence-corrected chi connectivity index (χ3v) is 7.22. The number of aromatic nitrogens is 1. The number of hydrogen-bond acceptors (Lipinski definition) is 4. The second kappa shape index (κ2) is 8.39. The van der Waals surface area contributed by atoms with Crippen LogP contribution >= 0.6 is 0 Å². The monoisotopic (exact) mass is 447 g/mol. The maximum absolute atomic E-state index is 13.4. The standard InChI is InChI=1S/C21H23FN4O4S/c22-16-3-6-18-19(14-24-20(18)13-16)15-1-4-17(5-2-15)31(28,29)25-7-8-26(21(23)27)9-11-30-12-10-26/h1-6,13-14,24-25H,7-12H2,(H-,23,27)/p+1. The SMILES string of the molecule is NC(=O)[N+]1(CCNS(=O)(=O)c2ccc(-c3c[nH]c4cc(F)ccc34)cc2)CCOCC1. The lowest BCUT2D eigenvalue weighted by molar-refractivity contribution is -0.856. The molecule has 1 fully saturated rings. The maximum atomic E-state index is 13.4. The molecule has 0 radical (unpaired) electrons. The van der Waals surface area contributed by atoms with Crippen molar-refractivity contribution in [2.45, 2.75) is 4.90 Å². The predicted molar refractivity (Wildman–Crippen MR) is 114 cm³/mol. The van der Waals surface area contributed by atoms with E-state index in [1.165, 1.54) is 24.3 Å². The fraction of sp³-hybridized carbons (Fsp3) is 0.286. The van der Waals surface area contributed by atoms with Crippen LogP contribution in [0.2, 0.25) is 0 Å². The van der Waals surface area contributed by atoms with Crippen molar-refractivity contribution in [3.63, 3.8) is 0 Å². The number of H-pyrrole nitrogens is 1. The molecular formula is C21H24FN4O4S+. The fourth-order valence-electron chi connectivity index (χ4n) is 3.87. The van der Waals surface area contributed by atoms with Crippen LogP contribution in [0.1, 0.15) is 0 Å². The molecular weight excluding hydrogens is 423 g/mol. The highest BCUT2D eigenvalue weighted by Crippen LogP contribution is 2.29. The Balaban J connectivity index is 1.47. The Bertz CT molecular complexity index is 1200. The second-order valence-electron chi connectivity index (χ2n) is 7.58. The van der Waals surface area contributed by atoms with E-state index in [1.807, 2.05) is 0 Å². The number of halogens is 1. The van der Waals surface area contributed by atoms with Crippen LogP contribution in [0.4, 0.5) is 9.18 Å². The lowest BCUT2D eigenvalue weighted by Crippen LogP contribution is -2.63. The topological polar surface area (TPSA) is 114 Å². The molecule has 2 amide bonds. The Hall–Kier alpha value is -2.79. The Morgan fingerprint density at radius 3 is 2.55 bits per heavy atom. The molecule has 0 atom stereocenters. The summed E-state index contributed by atoms with van der Waals surface area (Å²) in [5.74, 6) is -0.328. The summed E-state index contributed by atoms with van der Waals surface area (Å²) in [6, 6.07) is 10.5. The number of rotatable bonds is 6. The number of hydrogen-bond donors (Lipinski definition) is 3. The lowest BCUT2D eigenvalue weighted by Gasteiger charge is -2.36. The third-order valence-electron chi connectivity index (χ3n) is 5.75. The zero-order valence-electron chi connectivity index (χ0n) is 16.8. The van der Waals surface area contributed by atoms with Crippen molar-refractivity contribution in [2.24, 2.45) is 5.73 Å². The molecule has 8 nitrogen and oxygen atoms in total. The van der Waals surface area contributed by atoms with E-state index in [9.17, 15) is 17.6 Å². The fourth-order valence-corrected chi connectivity index (χ4v) is 4.90. The number of benzene rings is 2. The van der Waals surface area contributed by atoms with Gasteiger partial charge in [0.05, 0.1) is 24.7 Å². The van der Waals surface area contributed by atoms with Crippen molar-refractivity contribution >= 4 is 27.0 Å². The average Bonchev–Trinajstić information content (AvgIpc) is 3.17. The van der Waals surface area contributed by atoms with E-state index in [-0.39, 0.29) is 28.3 Å². The molecule has 4 N–H and O–H groups in total. The molecule has 164 valence electrons. The van der Waals surface area contributed by atoms with Crippen molar-refractivity contribution in [1.29, 1.82) is 0 Å². The molecule has 3 aromatic rings. The Morgan fingerprint density at radius 2 is 1.87 bits per heavy atom. The highest BCUT2D eigenvalue weighted by molar-refractivity contribution is 7.89. The van der Waals surface area contributed by atoms with Gasteiger partial charge in [0, 0.05) is 22.7 Å². The van der Waals surface area contributed by atoms with E-state index in [0.717, 1.165) is 16.5 Å². The summed E-state index contributed by atoms with van der Waals surface area (Å²) in [5, 5.41) is 0.848. The molecule has 0 bridgehead atoms. The number of sulfonamides is 1. The molecule has 2 aromatic carbocycles. The molecule has 0 aliphatic carbocycles. The van der Waals surface area contributed by atoms with Crippen LogP contribution in [0.15, 0.2) is 53.6 Å². The number of nitrogens with one attached hydrogen (secondary N) is 2. The molecule has 0 unspecified atom stereocenters. The van der Waals surface area contributed by atoms with E-state index in [1.54, 1.807) is 24.4 Å². The number of nitrogens with zero attached hydrogens (tertiary/aromatic N) is 1. The first-order chi connectivity index (χ1) is 14.8. The molecule has 10 heteroatoms. The second-order valence-corrected chi connectivity index (χ2v) is 9.35. The van der Waals surface area contributed by atoms with Gasteiger partial charge < -0.3 is 15.5 Å². The minimum absolute atomic E-state index is 0.00260. The van der Waals surface area contributed by atoms with Gasteiger partial charge in [-0.1, -0.05) is 12.1 Å². The molecule has 1 aliphatic heterocycles.